The predicted molar refractivity (Wildman–Crippen MR) is 622 cm³/mol. The van der Waals surface area contributed by atoms with Gasteiger partial charge >= 0.3 is 178 Å². The van der Waals surface area contributed by atoms with Crippen LogP contribution < -0.4 is 0 Å². The Kier molecular flexibility index (Phi) is 57.9. The van der Waals surface area contributed by atoms with E-state index in [0.29, 0.717) is 28.9 Å². The second-order valence-electron chi connectivity index (χ2n) is 34.6. The number of aromatic hydroxyl groups is 5. The number of phenols is 5. The van der Waals surface area contributed by atoms with Gasteiger partial charge in [0.25, 0.3) is 0 Å². The summed E-state index contributed by atoms with van der Waals surface area (Å²) in [6.45, 7) is 3.81. The van der Waals surface area contributed by atoms with Crippen LogP contribution in [0.3, 0.4) is 0 Å². The topological polar surface area (TPSA) is 163 Å². The Morgan fingerprint density at radius 3 is 0.819 bits per heavy atom. The number of hydrogen-bond donors (Lipinski definition) is 5. The van der Waals surface area contributed by atoms with Gasteiger partial charge in [-0.2, -0.15) is 0 Å². The molecule has 2 saturated carbocycles. The van der Waals surface area contributed by atoms with Crippen LogP contribution in [0.5, 0.6) is 28.7 Å². The Hall–Kier alpha value is -9.18. The average Bonchev–Trinajstić information content (AvgIpc) is 0.778. The SMILES string of the molecule is Cc1cc(-c2ccccc2)cc(C=Nc2ccccc2)c1O.Cc1cc(-c2ccccc2)cc(C=Nc2ccccc2)c1O.Oc1c(C=Nc2ccccc2)cc(-c2ccccc2)cc1-c1cccc2ccccc12.Oc1c(C=Nc2ccccc2)cc(-c2ccccc2)cc1C1CCCCCCCCC1.Oc1c(C=Nc2ccccc2)cc(-c2ccccc2)cc1CC1CCCCC1.[Cl][Ti][Cl].[Cl][Ti][Cl].[Cl][Ti][Cl].[Cl][Ti][Cl].[Cl][Ti][Cl]. The summed E-state index contributed by atoms with van der Waals surface area (Å²) >= 11 is -2.78. The molecule has 149 heavy (non-hydrogen) atoms. The Bertz CT molecular complexity index is 6770. The molecule has 0 heterocycles. The summed E-state index contributed by atoms with van der Waals surface area (Å²) in [5, 5.41) is 56.3. The van der Waals surface area contributed by atoms with Crippen molar-refractivity contribution in [3.05, 3.63) is 457 Å². The molecule has 0 aliphatic heterocycles. The summed E-state index contributed by atoms with van der Waals surface area (Å²) in [5.41, 5.74) is 24.9. The zero-order chi connectivity index (χ0) is 106. The van der Waals surface area contributed by atoms with Crippen molar-refractivity contribution in [2.45, 2.75) is 116 Å². The molecule has 0 saturated heterocycles. The molecule has 0 amide bonds. The van der Waals surface area contributed by atoms with Crippen molar-refractivity contribution in [2.24, 2.45) is 30.9 Å². The Labute approximate surface area is 961 Å². The van der Waals surface area contributed by atoms with E-state index in [1.54, 1.807) is 24.9 Å². The molecule has 0 aromatic heterocycles. The molecule has 17 aromatic carbocycles. The average molecular weight is 2350 g/mol. The van der Waals surface area contributed by atoms with Crippen molar-refractivity contribution in [3.63, 3.8) is 0 Å². The summed E-state index contributed by atoms with van der Waals surface area (Å²) in [7, 11) is 48.9. The number of halogens is 10. The molecule has 2 fully saturated rings. The monoisotopic (exact) mass is 2340 g/mol. The first-order valence-corrected chi connectivity index (χ1v) is 70.2. The minimum absolute atomic E-state index is 0.232. The fraction of sp³-hybridized carbons (Fsp3) is 0.153. The molecular formula is C124H115Cl10N5O5Ti5. The number of fused-ring (bicyclic) bond motifs is 1. The predicted octanol–water partition coefficient (Wildman–Crippen LogP) is 40.1. The molecule has 756 valence electrons. The second kappa shape index (κ2) is 70.9. The molecular weight excluding hydrogens is 2230 g/mol. The first kappa shape index (κ1) is 122. The van der Waals surface area contributed by atoms with Crippen LogP contribution in [0.4, 0.5) is 28.4 Å². The van der Waals surface area contributed by atoms with E-state index in [1.807, 2.05) is 293 Å². The first-order chi connectivity index (χ1) is 72.9. The standard InChI is InChI=1S/C29H21NO.C29H33NO.C26H27NO.2C20H17NO.10ClH.5Ti/c31-29-24(20-30-25-14-5-2-6-15-25)18-23(21-10-3-1-4-11-21)19-28(29)27-17-9-13-22-12-7-8-16-26(22)27;31-29-26(22-30-27-18-12-7-13-19-27)20-25(23-14-10-6-11-15-23)21-28(29)24-16-8-4-2-1-3-5-9-17-24;28-26-23(16-20-10-4-1-5-11-20)17-22(21-12-6-2-7-13-21)18-24(26)19-27-25-14-8-3-9-15-25;2*1-15-12-17(16-8-4-2-5-9-16)13-18(20(15)22)14-21-19-10-6-3-7-11-19;;;;;;;;;;;;;;;/h1-20,31H;6-7,10-15,18-22,24,31H,1-5,8-9,16-17H2;2-3,6-9,12-15,17-20,28H,1,4-5,10-11,16H2;2*2-14,22H,1H3;10*1H;;;;;/q;;;;;;;;;;;;;;;5*+2/p-10. The van der Waals surface area contributed by atoms with Crippen molar-refractivity contribution < 1.29 is 111 Å². The molecule has 0 radical (unpaired) electrons. The third-order valence-electron chi connectivity index (χ3n) is 24.6. The van der Waals surface area contributed by atoms with Crippen LogP contribution in [-0.4, -0.2) is 56.6 Å². The van der Waals surface area contributed by atoms with E-state index in [4.69, 9.17) is 93.0 Å². The molecule has 10 nitrogen and oxygen atoms in total. The van der Waals surface area contributed by atoms with E-state index in [9.17, 15) is 25.5 Å². The summed E-state index contributed by atoms with van der Waals surface area (Å²) < 4.78 is 0. The van der Waals surface area contributed by atoms with Crippen LogP contribution in [0.15, 0.2) is 431 Å². The van der Waals surface area contributed by atoms with Gasteiger partial charge in [-0.05, 0) is 260 Å². The van der Waals surface area contributed by atoms with Gasteiger partial charge in [-0.1, -0.05) is 362 Å². The number of nitrogens with zero attached hydrogens (tertiary/aromatic N) is 5. The molecule has 0 unspecified atom stereocenters. The quantitative estimate of drug-likeness (QED) is 0.0401. The van der Waals surface area contributed by atoms with Crippen LogP contribution >= 0.6 is 93.0 Å². The van der Waals surface area contributed by atoms with Gasteiger partial charge in [-0.25, -0.2) is 0 Å². The van der Waals surface area contributed by atoms with Gasteiger partial charge in [0.1, 0.15) is 28.7 Å². The molecule has 2 aliphatic carbocycles. The van der Waals surface area contributed by atoms with Gasteiger partial charge in [0, 0.05) is 64.5 Å². The molecule has 0 atom stereocenters. The number of hydrogen-bond acceptors (Lipinski definition) is 10. The van der Waals surface area contributed by atoms with E-state index in [0.717, 1.165) is 159 Å². The minimum atomic E-state index is -0.556. The zero-order valence-electron chi connectivity index (χ0n) is 82.6. The van der Waals surface area contributed by atoms with E-state index in [1.165, 1.54) is 88.2 Å². The van der Waals surface area contributed by atoms with Crippen LogP contribution in [0.1, 0.15) is 146 Å². The fourth-order valence-corrected chi connectivity index (χ4v) is 17.4. The van der Waals surface area contributed by atoms with Gasteiger partial charge in [-0.3, -0.25) is 25.0 Å². The molecule has 0 bridgehead atoms. The number of para-hydroxylation sites is 5. The van der Waals surface area contributed by atoms with Crippen molar-refractivity contribution in [1.82, 2.24) is 0 Å². The number of aryl methyl sites for hydroxylation is 2. The Morgan fingerprint density at radius 1 is 0.235 bits per heavy atom. The zero-order valence-corrected chi connectivity index (χ0v) is 97.9. The van der Waals surface area contributed by atoms with Crippen LogP contribution in [-0.2, 0) is 91.6 Å². The van der Waals surface area contributed by atoms with Gasteiger partial charge in [-0.15, -0.1) is 0 Å². The second-order valence-corrected chi connectivity index (χ2v) is 47.5. The van der Waals surface area contributed by atoms with E-state index in [2.05, 4.69) is 158 Å². The fourth-order valence-electron chi connectivity index (χ4n) is 17.4. The van der Waals surface area contributed by atoms with Gasteiger partial charge < -0.3 is 25.5 Å². The van der Waals surface area contributed by atoms with Crippen molar-refractivity contribution in [2.75, 3.05) is 0 Å². The molecule has 25 heteroatoms. The van der Waals surface area contributed by atoms with E-state index >= 15 is 0 Å². The molecule has 0 spiro atoms. The van der Waals surface area contributed by atoms with Crippen molar-refractivity contribution >= 4 is 163 Å². The van der Waals surface area contributed by atoms with E-state index in [-0.39, 0.29) is 17.2 Å². The molecule has 19 rings (SSSR count). The van der Waals surface area contributed by atoms with Crippen molar-refractivity contribution in [1.29, 1.82) is 0 Å². The van der Waals surface area contributed by atoms with Crippen LogP contribution in [0.2, 0.25) is 0 Å². The van der Waals surface area contributed by atoms with Crippen molar-refractivity contribution in [3.8, 4) is 95.5 Å². The summed E-state index contributed by atoms with van der Waals surface area (Å²) in [4.78, 5) is 22.6. The number of aliphatic imine (C=N–C) groups is 5. The number of benzene rings is 17. The van der Waals surface area contributed by atoms with Gasteiger partial charge in [0.05, 0.1) is 28.4 Å². The van der Waals surface area contributed by atoms with Gasteiger partial charge in [0.2, 0.25) is 0 Å². The first-order valence-electron chi connectivity index (χ1n) is 48.7. The number of rotatable bonds is 19. The summed E-state index contributed by atoms with van der Waals surface area (Å²) in [6.07, 6.45) is 27.7. The summed E-state index contributed by atoms with van der Waals surface area (Å²) in [6, 6.07) is 135. The molecule has 2 aliphatic rings. The Balaban J connectivity index is 0.000000185. The van der Waals surface area contributed by atoms with Crippen LogP contribution in [0, 0.1) is 19.8 Å². The van der Waals surface area contributed by atoms with Gasteiger partial charge in [0.15, 0.2) is 0 Å². The maximum absolute atomic E-state index is 11.3. The Morgan fingerprint density at radius 2 is 0.483 bits per heavy atom. The number of phenolic OH excluding ortho intramolecular Hbond substituents is 5. The summed E-state index contributed by atoms with van der Waals surface area (Å²) in [5.74, 6) is 2.65. The maximum atomic E-state index is 11.3. The molecule has 5 N–H and O–H groups in total. The van der Waals surface area contributed by atoms with E-state index < -0.39 is 85.2 Å². The van der Waals surface area contributed by atoms with Crippen LogP contribution in [0.25, 0.3) is 77.5 Å². The third kappa shape index (κ3) is 42.0. The molecule has 17 aromatic rings. The normalized spacial score (nSPS) is 12.3. The third-order valence-corrected chi connectivity index (χ3v) is 24.6.